The lowest BCUT2D eigenvalue weighted by Gasteiger charge is -2.13. The first kappa shape index (κ1) is 13.6. The first-order valence-corrected chi connectivity index (χ1v) is 6.78. The molecule has 96 valence electrons. The second kappa shape index (κ2) is 5.43. The van der Waals surface area contributed by atoms with E-state index in [9.17, 15) is 5.11 Å². The molecule has 18 heavy (non-hydrogen) atoms. The Morgan fingerprint density at radius 3 is 2.67 bits per heavy atom. The average Bonchev–Trinajstić information content (AvgIpc) is 2.56. The molecule has 0 aliphatic heterocycles. The van der Waals surface area contributed by atoms with Crippen molar-refractivity contribution in [1.82, 2.24) is 9.78 Å². The largest absolute Gasteiger partial charge is 0.388 e. The lowest BCUT2D eigenvalue weighted by Crippen LogP contribution is -2.07. The summed E-state index contributed by atoms with van der Waals surface area (Å²) < 4.78 is 2.62. The summed E-state index contributed by atoms with van der Waals surface area (Å²) in [5.41, 5.74) is 2.48. The molecule has 1 N–H and O–H groups in total. The van der Waals surface area contributed by atoms with Gasteiger partial charge in [0.05, 0.1) is 22.5 Å². The van der Waals surface area contributed by atoms with Crippen LogP contribution in [0.1, 0.15) is 23.1 Å². The zero-order chi connectivity index (χ0) is 13.3. The molecule has 2 rings (SSSR count). The van der Waals surface area contributed by atoms with Crippen molar-refractivity contribution in [2.24, 2.45) is 7.05 Å². The van der Waals surface area contributed by atoms with E-state index in [1.54, 1.807) is 4.68 Å². The summed E-state index contributed by atoms with van der Waals surface area (Å²) in [5, 5.41) is 15.2. The fourth-order valence-corrected chi connectivity index (χ4v) is 2.73. The maximum absolute atomic E-state index is 10.3. The Hall–Kier alpha value is -0.840. The maximum atomic E-state index is 10.3. The molecule has 1 aromatic carbocycles. The Kier molecular flexibility index (Phi) is 4.10. The van der Waals surface area contributed by atoms with E-state index in [4.69, 9.17) is 11.6 Å². The molecule has 1 unspecified atom stereocenters. The van der Waals surface area contributed by atoms with Crippen LogP contribution in [0.5, 0.6) is 0 Å². The van der Waals surface area contributed by atoms with Crippen LogP contribution in [0.2, 0.25) is 5.02 Å². The monoisotopic (exact) mass is 328 g/mol. The van der Waals surface area contributed by atoms with Gasteiger partial charge in [0.2, 0.25) is 0 Å². The zero-order valence-corrected chi connectivity index (χ0v) is 12.5. The predicted octanol–water partition coefficient (Wildman–Crippen LogP) is 3.42. The first-order chi connectivity index (χ1) is 8.50. The molecule has 0 bridgehead atoms. The van der Waals surface area contributed by atoms with Gasteiger partial charge in [-0.05, 0) is 18.6 Å². The number of halogens is 2. The Bertz CT molecular complexity index is 568. The van der Waals surface area contributed by atoms with Gasteiger partial charge in [-0.2, -0.15) is 5.10 Å². The predicted molar refractivity (Wildman–Crippen MR) is 75.8 cm³/mol. The van der Waals surface area contributed by atoms with Gasteiger partial charge in [-0.3, -0.25) is 4.68 Å². The van der Waals surface area contributed by atoms with Crippen molar-refractivity contribution >= 4 is 27.5 Å². The van der Waals surface area contributed by atoms with Gasteiger partial charge in [0.15, 0.2) is 0 Å². The van der Waals surface area contributed by atoms with E-state index in [1.807, 2.05) is 38.2 Å². The summed E-state index contributed by atoms with van der Waals surface area (Å²) in [4.78, 5) is 0. The van der Waals surface area contributed by atoms with E-state index in [0.717, 1.165) is 21.4 Å². The number of rotatable bonds is 3. The van der Waals surface area contributed by atoms with Crippen LogP contribution >= 0.6 is 27.5 Å². The molecule has 3 nitrogen and oxygen atoms in total. The highest BCUT2D eigenvalue weighted by Gasteiger charge is 2.17. The fraction of sp³-hybridized carbons (Fsp3) is 0.308. The van der Waals surface area contributed by atoms with Crippen LogP contribution in [0.15, 0.2) is 28.7 Å². The third kappa shape index (κ3) is 2.60. The molecule has 1 heterocycles. The van der Waals surface area contributed by atoms with E-state index in [2.05, 4.69) is 21.0 Å². The van der Waals surface area contributed by atoms with Gasteiger partial charge in [-0.25, -0.2) is 0 Å². The SMILES string of the molecule is Cc1nn(C)c(CC(O)c2ccccc2Br)c1Cl. The Morgan fingerprint density at radius 1 is 1.44 bits per heavy atom. The van der Waals surface area contributed by atoms with Crippen LogP contribution in [0, 0.1) is 6.92 Å². The van der Waals surface area contributed by atoms with Crippen LogP contribution in [0.3, 0.4) is 0 Å². The van der Waals surface area contributed by atoms with Crippen molar-refractivity contribution in [2.45, 2.75) is 19.4 Å². The van der Waals surface area contributed by atoms with Gasteiger partial charge in [0.25, 0.3) is 0 Å². The highest BCUT2D eigenvalue weighted by atomic mass is 79.9. The molecule has 0 fully saturated rings. The number of aromatic nitrogens is 2. The lowest BCUT2D eigenvalue weighted by atomic mass is 10.0. The molecule has 0 saturated carbocycles. The topological polar surface area (TPSA) is 38.0 Å². The summed E-state index contributed by atoms with van der Waals surface area (Å²) in [6.45, 7) is 1.86. The summed E-state index contributed by atoms with van der Waals surface area (Å²) in [5.74, 6) is 0. The number of hydrogen-bond acceptors (Lipinski definition) is 2. The third-order valence-corrected chi connectivity index (χ3v) is 4.13. The maximum Gasteiger partial charge on any atom is 0.0856 e. The van der Waals surface area contributed by atoms with Crippen LogP contribution < -0.4 is 0 Å². The van der Waals surface area contributed by atoms with Crippen molar-refractivity contribution in [3.05, 3.63) is 50.7 Å². The smallest absolute Gasteiger partial charge is 0.0856 e. The molecular formula is C13H14BrClN2O. The van der Waals surface area contributed by atoms with Crippen LogP contribution in [-0.2, 0) is 13.5 Å². The minimum absolute atomic E-state index is 0.443. The van der Waals surface area contributed by atoms with Crippen molar-refractivity contribution in [3.8, 4) is 0 Å². The Morgan fingerprint density at radius 2 is 2.11 bits per heavy atom. The molecule has 1 atom stereocenters. The third-order valence-electron chi connectivity index (χ3n) is 2.91. The van der Waals surface area contributed by atoms with Crippen molar-refractivity contribution in [2.75, 3.05) is 0 Å². The minimum Gasteiger partial charge on any atom is -0.388 e. The highest BCUT2D eigenvalue weighted by Crippen LogP contribution is 2.29. The fourth-order valence-electron chi connectivity index (χ4n) is 1.94. The molecule has 2 aromatic rings. The van der Waals surface area contributed by atoms with Gasteiger partial charge in [-0.15, -0.1) is 0 Å². The normalized spacial score (nSPS) is 12.7. The Balaban J connectivity index is 2.27. The van der Waals surface area contributed by atoms with Gasteiger partial charge >= 0.3 is 0 Å². The first-order valence-electron chi connectivity index (χ1n) is 5.61. The molecule has 0 radical (unpaired) electrons. The zero-order valence-electron chi connectivity index (χ0n) is 10.2. The van der Waals surface area contributed by atoms with E-state index in [1.165, 1.54) is 0 Å². The van der Waals surface area contributed by atoms with Crippen molar-refractivity contribution in [1.29, 1.82) is 0 Å². The van der Waals surface area contributed by atoms with Crippen LogP contribution in [0.4, 0.5) is 0 Å². The quantitative estimate of drug-likeness (QED) is 0.937. The summed E-state index contributed by atoms with van der Waals surface area (Å²) in [6, 6.07) is 7.63. The average molecular weight is 330 g/mol. The summed E-state index contributed by atoms with van der Waals surface area (Å²) in [7, 11) is 1.83. The standard InChI is InChI=1S/C13H14BrClN2O/c1-8-13(15)11(17(2)16-8)7-12(18)9-5-3-4-6-10(9)14/h3-6,12,18H,7H2,1-2H3. The highest BCUT2D eigenvalue weighted by molar-refractivity contribution is 9.10. The van der Waals surface area contributed by atoms with Gasteiger partial charge in [-0.1, -0.05) is 45.7 Å². The molecule has 0 saturated heterocycles. The number of aliphatic hydroxyl groups is 1. The molecule has 0 amide bonds. The van der Waals surface area contributed by atoms with E-state index in [0.29, 0.717) is 11.4 Å². The van der Waals surface area contributed by atoms with Gasteiger partial charge < -0.3 is 5.11 Å². The molecule has 5 heteroatoms. The second-order valence-electron chi connectivity index (χ2n) is 4.21. The van der Waals surface area contributed by atoms with Crippen LogP contribution in [0.25, 0.3) is 0 Å². The molecule has 1 aromatic heterocycles. The summed E-state index contributed by atoms with van der Waals surface area (Å²) in [6.07, 6.45) is -0.161. The number of benzene rings is 1. The number of nitrogens with zero attached hydrogens (tertiary/aromatic N) is 2. The molecule has 0 spiro atoms. The van der Waals surface area contributed by atoms with Crippen molar-refractivity contribution in [3.63, 3.8) is 0 Å². The van der Waals surface area contributed by atoms with Gasteiger partial charge in [0, 0.05) is 17.9 Å². The molecule has 0 aliphatic carbocycles. The second-order valence-corrected chi connectivity index (χ2v) is 5.44. The number of hydrogen-bond donors (Lipinski definition) is 1. The molecular weight excluding hydrogens is 316 g/mol. The van der Waals surface area contributed by atoms with Gasteiger partial charge in [0.1, 0.15) is 0 Å². The van der Waals surface area contributed by atoms with E-state index in [-0.39, 0.29) is 0 Å². The molecule has 0 aliphatic rings. The minimum atomic E-state index is -0.604. The number of aryl methyl sites for hydroxylation is 2. The van der Waals surface area contributed by atoms with E-state index < -0.39 is 6.10 Å². The lowest BCUT2D eigenvalue weighted by molar-refractivity contribution is 0.175. The van der Waals surface area contributed by atoms with Crippen LogP contribution in [-0.4, -0.2) is 14.9 Å². The van der Waals surface area contributed by atoms with E-state index >= 15 is 0 Å². The summed E-state index contributed by atoms with van der Waals surface area (Å²) >= 11 is 9.62. The Labute approximate surface area is 120 Å². The number of aliphatic hydroxyl groups excluding tert-OH is 1. The van der Waals surface area contributed by atoms with Crippen molar-refractivity contribution < 1.29 is 5.11 Å².